The number of ether oxygens (including phenoxy) is 1. The van der Waals surface area contributed by atoms with Gasteiger partial charge in [-0.25, -0.2) is 9.78 Å². The molecule has 0 spiro atoms. The van der Waals surface area contributed by atoms with Gasteiger partial charge in [-0.15, -0.1) is 0 Å². The predicted molar refractivity (Wildman–Crippen MR) is 94.2 cm³/mol. The van der Waals surface area contributed by atoms with Crippen LogP contribution in [0.2, 0.25) is 0 Å². The Morgan fingerprint density at radius 3 is 2.88 bits per heavy atom. The minimum absolute atomic E-state index is 0.00967. The summed E-state index contributed by atoms with van der Waals surface area (Å²) in [5.41, 5.74) is 2.67. The number of nitrogens with one attached hydrogen (secondary N) is 2. The van der Waals surface area contributed by atoms with Crippen LogP contribution in [-0.2, 0) is 16.0 Å². The van der Waals surface area contributed by atoms with Crippen molar-refractivity contribution in [3.63, 3.8) is 0 Å². The number of aryl methyl sites for hydroxylation is 2. The summed E-state index contributed by atoms with van der Waals surface area (Å²) < 4.78 is 4.69. The van der Waals surface area contributed by atoms with E-state index in [1.807, 2.05) is 0 Å². The minimum atomic E-state index is -0.476. The normalized spacial score (nSPS) is 13.4. The van der Waals surface area contributed by atoms with Crippen LogP contribution in [0.3, 0.4) is 0 Å². The Morgan fingerprint density at radius 1 is 1.32 bits per heavy atom. The number of hydrogen-bond donors (Lipinski definition) is 2. The number of aromatic nitrogens is 1. The number of thiazole rings is 1. The summed E-state index contributed by atoms with van der Waals surface area (Å²) in [7, 11) is 1.30. The minimum Gasteiger partial charge on any atom is -0.465 e. The monoisotopic (exact) mass is 359 g/mol. The summed E-state index contributed by atoms with van der Waals surface area (Å²) >= 11 is 1.07. The van der Waals surface area contributed by atoms with Crippen LogP contribution in [0.15, 0.2) is 18.2 Å². The van der Waals surface area contributed by atoms with Crippen molar-refractivity contribution in [2.75, 3.05) is 17.7 Å². The number of anilines is 2. The zero-order chi connectivity index (χ0) is 18.0. The van der Waals surface area contributed by atoms with Crippen molar-refractivity contribution in [2.45, 2.75) is 26.2 Å². The number of benzene rings is 1. The smallest absolute Gasteiger partial charge is 0.350 e. The fourth-order valence-corrected chi connectivity index (χ4v) is 3.50. The lowest BCUT2D eigenvalue weighted by molar-refractivity contribution is -0.116. The zero-order valence-corrected chi connectivity index (χ0v) is 14.7. The third kappa shape index (κ3) is 3.69. The van der Waals surface area contributed by atoms with Crippen LogP contribution in [0.5, 0.6) is 0 Å². The van der Waals surface area contributed by atoms with Gasteiger partial charge in [0.25, 0.3) is 5.91 Å². The molecule has 0 saturated heterocycles. The van der Waals surface area contributed by atoms with Crippen LogP contribution in [-0.4, -0.2) is 29.9 Å². The molecule has 130 valence electrons. The topological polar surface area (TPSA) is 97.4 Å². The van der Waals surface area contributed by atoms with Crippen molar-refractivity contribution in [2.24, 2.45) is 0 Å². The van der Waals surface area contributed by atoms with E-state index in [9.17, 15) is 14.4 Å². The molecule has 0 bridgehead atoms. The molecule has 0 saturated carbocycles. The van der Waals surface area contributed by atoms with Crippen LogP contribution in [0.4, 0.5) is 10.8 Å². The van der Waals surface area contributed by atoms with E-state index in [2.05, 4.69) is 20.4 Å². The molecule has 1 aliphatic heterocycles. The third-order valence-corrected chi connectivity index (χ3v) is 4.93. The molecule has 1 aromatic heterocycles. The highest BCUT2D eigenvalue weighted by molar-refractivity contribution is 7.17. The van der Waals surface area contributed by atoms with Crippen LogP contribution < -0.4 is 10.6 Å². The summed E-state index contributed by atoms with van der Waals surface area (Å²) in [4.78, 5) is 40.2. The average molecular weight is 359 g/mol. The molecule has 2 N–H and O–H groups in total. The van der Waals surface area contributed by atoms with Crippen molar-refractivity contribution in [1.29, 1.82) is 0 Å². The lowest BCUT2D eigenvalue weighted by Crippen LogP contribution is -2.13. The molecular formula is C17H17N3O4S. The number of nitrogens with zero attached hydrogens (tertiary/aromatic N) is 1. The Hall–Kier alpha value is -2.74. The maximum Gasteiger partial charge on any atom is 0.350 e. The highest BCUT2D eigenvalue weighted by Crippen LogP contribution is 2.26. The van der Waals surface area contributed by atoms with Gasteiger partial charge < -0.3 is 10.1 Å². The predicted octanol–water partition coefficient (Wildman–Crippen LogP) is 2.77. The number of methoxy groups -OCH3 is 1. The third-order valence-electron chi connectivity index (χ3n) is 3.88. The molecule has 3 rings (SSSR count). The quantitative estimate of drug-likeness (QED) is 0.821. The fourth-order valence-electron chi connectivity index (χ4n) is 2.62. The van der Waals surface area contributed by atoms with Gasteiger partial charge in [-0.2, -0.15) is 0 Å². The second-order valence-corrected chi connectivity index (χ2v) is 6.65. The van der Waals surface area contributed by atoms with Gasteiger partial charge in [0.05, 0.1) is 12.8 Å². The van der Waals surface area contributed by atoms with Gasteiger partial charge in [0, 0.05) is 17.7 Å². The van der Waals surface area contributed by atoms with Gasteiger partial charge in [-0.05, 0) is 43.5 Å². The molecule has 0 atom stereocenters. The Balaban J connectivity index is 1.79. The lowest BCUT2D eigenvalue weighted by Gasteiger charge is -2.09. The second kappa shape index (κ2) is 7.02. The van der Waals surface area contributed by atoms with E-state index in [4.69, 9.17) is 0 Å². The van der Waals surface area contributed by atoms with Gasteiger partial charge in [0.1, 0.15) is 4.88 Å². The van der Waals surface area contributed by atoms with Crippen molar-refractivity contribution in [3.8, 4) is 0 Å². The van der Waals surface area contributed by atoms with Gasteiger partial charge in [-0.3, -0.25) is 14.9 Å². The molecule has 0 aliphatic carbocycles. The molecule has 25 heavy (non-hydrogen) atoms. The number of amides is 2. The maximum absolute atomic E-state index is 12.5. The van der Waals surface area contributed by atoms with E-state index in [1.165, 1.54) is 7.11 Å². The van der Waals surface area contributed by atoms with E-state index in [1.54, 1.807) is 25.1 Å². The SMILES string of the molecule is COC(=O)c1sc(NC(=O)c2ccc3c(c2)CCCC(=O)N3)nc1C. The maximum atomic E-state index is 12.5. The number of hydrogen-bond acceptors (Lipinski definition) is 6. The largest absolute Gasteiger partial charge is 0.465 e. The molecule has 2 heterocycles. The first-order valence-corrected chi connectivity index (χ1v) is 8.59. The fraction of sp³-hybridized carbons (Fsp3) is 0.294. The molecule has 0 fully saturated rings. The first-order valence-electron chi connectivity index (χ1n) is 7.78. The highest BCUT2D eigenvalue weighted by Gasteiger charge is 2.19. The van der Waals surface area contributed by atoms with Gasteiger partial charge in [0.2, 0.25) is 5.91 Å². The van der Waals surface area contributed by atoms with Crippen molar-refractivity contribution >= 4 is 39.9 Å². The molecule has 7 nitrogen and oxygen atoms in total. The van der Waals surface area contributed by atoms with E-state index < -0.39 is 5.97 Å². The Kier molecular flexibility index (Phi) is 4.80. The molecule has 0 radical (unpaired) electrons. The van der Waals surface area contributed by atoms with Crippen LogP contribution in [0, 0.1) is 6.92 Å². The van der Waals surface area contributed by atoms with E-state index in [-0.39, 0.29) is 11.8 Å². The van der Waals surface area contributed by atoms with Crippen molar-refractivity contribution in [1.82, 2.24) is 4.98 Å². The summed E-state index contributed by atoms with van der Waals surface area (Å²) in [6.07, 6.45) is 1.96. The molecule has 1 aliphatic rings. The number of carbonyl (C=O) groups excluding carboxylic acids is 3. The van der Waals surface area contributed by atoms with Gasteiger partial charge in [0.15, 0.2) is 5.13 Å². The molecule has 2 aromatic rings. The van der Waals surface area contributed by atoms with Crippen molar-refractivity contribution in [3.05, 3.63) is 39.9 Å². The van der Waals surface area contributed by atoms with E-state index in [0.29, 0.717) is 27.7 Å². The molecule has 0 unspecified atom stereocenters. The molecule has 2 amide bonds. The zero-order valence-electron chi connectivity index (χ0n) is 13.8. The number of carbonyl (C=O) groups is 3. The van der Waals surface area contributed by atoms with Crippen molar-refractivity contribution < 1.29 is 19.1 Å². The first kappa shape index (κ1) is 17.1. The summed E-state index contributed by atoms with van der Waals surface area (Å²) in [6.45, 7) is 1.68. The summed E-state index contributed by atoms with van der Waals surface area (Å²) in [5, 5.41) is 5.88. The van der Waals surface area contributed by atoms with Crippen LogP contribution in [0.25, 0.3) is 0 Å². The summed E-state index contributed by atoms with van der Waals surface area (Å²) in [6, 6.07) is 5.17. The molecular weight excluding hydrogens is 342 g/mol. The molecule has 8 heteroatoms. The Labute approximate surface area is 148 Å². The van der Waals surface area contributed by atoms with E-state index in [0.717, 1.165) is 35.4 Å². The number of esters is 1. The molecule has 1 aromatic carbocycles. The summed E-state index contributed by atoms with van der Waals surface area (Å²) in [5.74, 6) is -0.802. The van der Waals surface area contributed by atoms with Crippen LogP contribution >= 0.6 is 11.3 Å². The van der Waals surface area contributed by atoms with Crippen LogP contribution in [0.1, 0.15) is 44.1 Å². The van der Waals surface area contributed by atoms with Gasteiger partial charge in [-0.1, -0.05) is 11.3 Å². The second-order valence-electron chi connectivity index (χ2n) is 5.65. The number of fused-ring (bicyclic) bond motifs is 1. The Morgan fingerprint density at radius 2 is 2.12 bits per heavy atom. The van der Waals surface area contributed by atoms with E-state index >= 15 is 0 Å². The first-order chi connectivity index (χ1) is 12.0. The van der Waals surface area contributed by atoms with Gasteiger partial charge >= 0.3 is 5.97 Å². The number of rotatable bonds is 3. The lowest BCUT2D eigenvalue weighted by atomic mass is 10.0. The highest BCUT2D eigenvalue weighted by atomic mass is 32.1. The Bertz CT molecular complexity index is 860. The standard InChI is InChI=1S/C17H17N3O4S/c1-9-14(16(23)24-2)25-17(18-9)20-15(22)11-6-7-12-10(8-11)4-3-5-13(21)19-12/h6-8H,3-5H2,1-2H3,(H,19,21)(H,18,20,22). The average Bonchev–Trinajstić information content (AvgIpc) is 2.84.